The van der Waals surface area contributed by atoms with E-state index in [1.165, 1.54) is 36.5 Å². The lowest BCUT2D eigenvalue weighted by atomic mass is 9.79. The van der Waals surface area contributed by atoms with Gasteiger partial charge in [-0.05, 0) is 43.4 Å². The first-order chi connectivity index (χ1) is 16.3. The van der Waals surface area contributed by atoms with Gasteiger partial charge in [-0.2, -0.15) is 0 Å². The second-order valence-electron chi connectivity index (χ2n) is 8.74. The third kappa shape index (κ3) is 5.85. The van der Waals surface area contributed by atoms with Gasteiger partial charge in [-0.3, -0.25) is 19.1 Å². The monoisotopic (exact) mass is 504 g/mol. The van der Waals surface area contributed by atoms with Gasteiger partial charge in [0.15, 0.2) is 0 Å². The number of carbonyl (C=O) groups excluding carboxylic acids is 3. The van der Waals surface area contributed by atoms with Crippen LogP contribution in [0.4, 0.5) is 11.5 Å². The zero-order chi connectivity index (χ0) is 26.0. The molecule has 3 heterocycles. The fourth-order valence-corrected chi connectivity index (χ4v) is 4.50. The summed E-state index contributed by atoms with van der Waals surface area (Å²) in [5.41, 5.74) is 5.22. The summed E-state index contributed by atoms with van der Waals surface area (Å²) in [7, 11) is -2.16. The number of amides is 3. The Hall–Kier alpha value is -3.74. The van der Waals surface area contributed by atoms with E-state index in [9.17, 15) is 22.8 Å². The lowest BCUT2D eigenvalue weighted by Crippen LogP contribution is -2.55. The number of nitrogens with two attached hydrogens (primary N) is 1. The topological polar surface area (TPSA) is 174 Å². The third-order valence-corrected chi connectivity index (χ3v) is 6.48. The van der Waals surface area contributed by atoms with E-state index in [0.717, 1.165) is 12.7 Å². The van der Waals surface area contributed by atoms with E-state index in [-0.39, 0.29) is 28.9 Å². The van der Waals surface area contributed by atoms with Crippen LogP contribution in [0, 0.1) is 5.92 Å². The maximum absolute atomic E-state index is 13.3. The number of primary amides is 1. The molecule has 0 saturated carbocycles. The van der Waals surface area contributed by atoms with Gasteiger partial charge < -0.3 is 20.7 Å². The summed E-state index contributed by atoms with van der Waals surface area (Å²) in [6.07, 6.45) is 5.16. The van der Waals surface area contributed by atoms with E-state index in [1.54, 1.807) is 6.07 Å². The largest absolute Gasteiger partial charge is 0.480 e. The van der Waals surface area contributed by atoms with Crippen LogP contribution in [0.25, 0.3) is 0 Å². The van der Waals surface area contributed by atoms with Gasteiger partial charge in [-0.1, -0.05) is 13.0 Å². The Kier molecular flexibility index (Phi) is 7.29. The van der Waals surface area contributed by atoms with Crippen molar-refractivity contribution in [3.63, 3.8) is 0 Å². The average Bonchev–Trinajstić information content (AvgIpc) is 2.79. The van der Waals surface area contributed by atoms with Crippen molar-refractivity contribution < 1.29 is 27.5 Å². The van der Waals surface area contributed by atoms with Gasteiger partial charge in [-0.15, -0.1) is 0 Å². The molecule has 1 aliphatic heterocycles. The van der Waals surface area contributed by atoms with Gasteiger partial charge in [0.2, 0.25) is 15.9 Å². The molecule has 1 aliphatic rings. The van der Waals surface area contributed by atoms with Gasteiger partial charge in [-0.25, -0.2) is 18.4 Å². The van der Waals surface area contributed by atoms with Gasteiger partial charge in [0.25, 0.3) is 5.91 Å². The van der Waals surface area contributed by atoms with Crippen molar-refractivity contribution in [1.29, 1.82) is 0 Å². The molecule has 2 atom stereocenters. The molecular weight excluding hydrogens is 476 g/mol. The number of methoxy groups -OCH3 is 1. The number of aromatic nitrogens is 2. The molecule has 0 aliphatic carbocycles. The number of nitrogens with one attached hydrogen (secondary N) is 2. The van der Waals surface area contributed by atoms with Gasteiger partial charge in [0.1, 0.15) is 11.4 Å². The molecule has 0 unspecified atom stereocenters. The highest BCUT2D eigenvalue weighted by Crippen LogP contribution is 2.39. The molecular formula is C22H28N6O6S. The summed E-state index contributed by atoms with van der Waals surface area (Å²) in [6, 6.07) is 4.48. The molecule has 12 nitrogen and oxygen atoms in total. The summed E-state index contributed by atoms with van der Waals surface area (Å²) in [6.45, 7) is 4.16. The summed E-state index contributed by atoms with van der Waals surface area (Å²) < 4.78 is 30.2. The Balaban J connectivity index is 1.86. The minimum atomic E-state index is -3.49. The molecule has 4 N–H and O–H groups in total. The number of ether oxygens (including phenoxy) is 1. The van der Waals surface area contributed by atoms with Crippen molar-refractivity contribution in [2.75, 3.05) is 29.9 Å². The van der Waals surface area contributed by atoms with Crippen LogP contribution in [0.5, 0.6) is 5.88 Å². The number of hydrogen-bond donors (Lipinski definition) is 3. The van der Waals surface area contributed by atoms with Crippen molar-refractivity contribution in [3.8, 4) is 5.88 Å². The number of sulfonamides is 1. The molecule has 13 heteroatoms. The number of nitrogens with zero attached hydrogens (tertiary/aromatic N) is 3. The van der Waals surface area contributed by atoms with E-state index in [4.69, 9.17) is 10.5 Å². The zero-order valence-corrected chi connectivity index (χ0v) is 20.7. The van der Waals surface area contributed by atoms with E-state index in [1.807, 2.05) is 13.8 Å². The summed E-state index contributed by atoms with van der Waals surface area (Å²) in [5, 5.41) is 2.48. The Morgan fingerprint density at radius 3 is 2.51 bits per heavy atom. The zero-order valence-electron chi connectivity index (χ0n) is 19.9. The van der Waals surface area contributed by atoms with E-state index in [0.29, 0.717) is 18.5 Å². The normalized spacial score (nSPS) is 20.1. The molecule has 35 heavy (non-hydrogen) atoms. The number of hydrogen-bond acceptors (Lipinski definition) is 8. The van der Waals surface area contributed by atoms with Crippen molar-refractivity contribution >= 4 is 39.3 Å². The number of likely N-dealkylation sites (tertiary alicyclic amines) is 1. The van der Waals surface area contributed by atoms with Gasteiger partial charge in [0.05, 0.1) is 30.8 Å². The van der Waals surface area contributed by atoms with Crippen LogP contribution in [0.15, 0.2) is 30.6 Å². The van der Waals surface area contributed by atoms with Crippen LogP contribution < -0.4 is 20.5 Å². The van der Waals surface area contributed by atoms with Crippen molar-refractivity contribution in [1.82, 2.24) is 14.9 Å². The molecule has 3 rings (SSSR count). The van der Waals surface area contributed by atoms with Crippen molar-refractivity contribution in [2.45, 2.75) is 32.2 Å². The standard InChI is InChI=1S/C22H28N6O6S/c1-13-7-8-22(2,14-5-6-17(24-10-14)27-35(4,32)33)28(12-13)21(31)19(30)26-15-9-16(18(23)29)20(34-3)25-11-15/h5-6,9-11,13H,7-8,12H2,1-4H3,(H2,23,29)(H,24,27)(H,26,30)/t13-,22-/m0/s1. The second-order valence-corrected chi connectivity index (χ2v) is 10.5. The molecule has 1 saturated heterocycles. The van der Waals surface area contributed by atoms with E-state index >= 15 is 0 Å². The van der Waals surface area contributed by atoms with Crippen LogP contribution in [0.1, 0.15) is 42.6 Å². The highest BCUT2D eigenvalue weighted by molar-refractivity contribution is 7.92. The van der Waals surface area contributed by atoms with E-state index < -0.39 is 33.3 Å². The average molecular weight is 505 g/mol. The lowest BCUT2D eigenvalue weighted by Gasteiger charge is -2.46. The van der Waals surface area contributed by atoms with Crippen molar-refractivity contribution in [3.05, 3.63) is 41.7 Å². The molecule has 0 spiro atoms. The van der Waals surface area contributed by atoms with Crippen LogP contribution in [0.3, 0.4) is 0 Å². The molecule has 188 valence electrons. The predicted octanol–water partition coefficient (Wildman–Crippen LogP) is 1.07. The number of anilines is 2. The minimum absolute atomic E-state index is 0.000524. The molecule has 2 aromatic heterocycles. The Labute approximate surface area is 203 Å². The number of pyridine rings is 2. The highest BCUT2D eigenvalue weighted by Gasteiger charge is 2.43. The third-order valence-electron chi connectivity index (χ3n) is 5.90. The number of carbonyl (C=O) groups is 3. The first kappa shape index (κ1) is 25.9. The van der Waals surface area contributed by atoms with Crippen LogP contribution in [0.2, 0.25) is 0 Å². The summed E-state index contributed by atoms with van der Waals surface area (Å²) in [5.74, 6) is -2.17. The predicted molar refractivity (Wildman–Crippen MR) is 128 cm³/mol. The molecule has 3 amide bonds. The lowest BCUT2D eigenvalue weighted by molar-refractivity contribution is -0.150. The molecule has 0 radical (unpaired) electrons. The van der Waals surface area contributed by atoms with Crippen LogP contribution in [-0.4, -0.2) is 60.9 Å². The summed E-state index contributed by atoms with van der Waals surface area (Å²) in [4.78, 5) is 47.5. The Bertz CT molecular complexity index is 1250. The smallest absolute Gasteiger partial charge is 0.313 e. The quantitative estimate of drug-likeness (QED) is 0.490. The fourth-order valence-electron chi connectivity index (χ4n) is 4.00. The van der Waals surface area contributed by atoms with Crippen molar-refractivity contribution in [2.24, 2.45) is 11.7 Å². The van der Waals surface area contributed by atoms with Gasteiger partial charge in [0, 0.05) is 12.7 Å². The maximum atomic E-state index is 13.3. The highest BCUT2D eigenvalue weighted by atomic mass is 32.2. The molecule has 0 bridgehead atoms. The second kappa shape index (κ2) is 9.86. The molecule has 0 aromatic carbocycles. The Morgan fingerprint density at radius 1 is 1.23 bits per heavy atom. The van der Waals surface area contributed by atoms with E-state index in [2.05, 4.69) is 20.0 Å². The molecule has 2 aromatic rings. The van der Waals surface area contributed by atoms with Crippen LogP contribution in [-0.2, 0) is 25.2 Å². The molecule has 1 fully saturated rings. The Morgan fingerprint density at radius 2 is 1.94 bits per heavy atom. The first-order valence-electron chi connectivity index (χ1n) is 10.7. The SMILES string of the molecule is COc1ncc(NC(=O)C(=O)N2C[C@@H](C)CC[C@@]2(C)c2ccc(NS(C)(=O)=O)nc2)cc1C(N)=O. The number of piperidine rings is 1. The first-order valence-corrected chi connectivity index (χ1v) is 12.6. The minimum Gasteiger partial charge on any atom is -0.480 e. The maximum Gasteiger partial charge on any atom is 0.313 e. The summed E-state index contributed by atoms with van der Waals surface area (Å²) >= 11 is 0. The number of rotatable bonds is 6. The van der Waals surface area contributed by atoms with Crippen LogP contribution >= 0.6 is 0 Å². The fraction of sp³-hybridized carbons (Fsp3) is 0.409. The van der Waals surface area contributed by atoms with Gasteiger partial charge >= 0.3 is 11.8 Å².